The number of halogens is 2. The maximum absolute atomic E-state index is 13.9. The number of benzene rings is 2. The van der Waals surface area contributed by atoms with Crippen LogP contribution in [0.1, 0.15) is 18.6 Å². The molecule has 0 aliphatic carbocycles. The molecule has 2 nitrogen and oxygen atoms in total. The number of nitrogens with one attached hydrogen (secondary N) is 1. The minimum atomic E-state index is -0.340. The van der Waals surface area contributed by atoms with Crippen LogP contribution in [0.3, 0.4) is 0 Å². The Morgan fingerprint density at radius 1 is 1.16 bits per heavy atom. The van der Waals surface area contributed by atoms with Gasteiger partial charge in [0, 0.05) is 5.56 Å². The molecule has 2 atom stereocenters. The van der Waals surface area contributed by atoms with Gasteiger partial charge in [0.15, 0.2) is 5.75 Å². The Morgan fingerprint density at radius 3 is 2.74 bits per heavy atom. The number of fused-ring (bicyclic) bond motifs is 1. The van der Waals surface area contributed by atoms with Gasteiger partial charge in [-0.3, -0.25) is 0 Å². The zero-order valence-corrected chi connectivity index (χ0v) is 11.9. The van der Waals surface area contributed by atoms with Gasteiger partial charge in [-0.25, -0.2) is 4.39 Å². The van der Waals surface area contributed by atoms with Crippen molar-refractivity contribution in [3.8, 4) is 5.75 Å². The number of anilines is 1. The van der Waals surface area contributed by atoms with Gasteiger partial charge >= 0.3 is 0 Å². The van der Waals surface area contributed by atoms with Crippen molar-refractivity contribution in [2.75, 3.05) is 5.32 Å². The van der Waals surface area contributed by atoms with Crippen LogP contribution >= 0.6 is 15.9 Å². The highest BCUT2D eigenvalue weighted by Crippen LogP contribution is 2.42. The summed E-state index contributed by atoms with van der Waals surface area (Å²) in [5.41, 5.74) is 1.50. The van der Waals surface area contributed by atoms with Crippen molar-refractivity contribution in [1.29, 1.82) is 0 Å². The fourth-order valence-electron chi connectivity index (χ4n) is 2.33. The van der Waals surface area contributed by atoms with E-state index >= 15 is 0 Å². The number of ether oxygens (including phenoxy) is 1. The van der Waals surface area contributed by atoms with Crippen molar-refractivity contribution in [2.45, 2.75) is 19.1 Å². The van der Waals surface area contributed by atoms with E-state index < -0.39 is 0 Å². The molecule has 0 bridgehead atoms. The first-order chi connectivity index (χ1) is 9.16. The Morgan fingerprint density at radius 2 is 1.95 bits per heavy atom. The molecule has 0 saturated carbocycles. The van der Waals surface area contributed by atoms with E-state index in [1.54, 1.807) is 12.1 Å². The number of rotatable bonds is 1. The molecule has 0 aromatic heterocycles. The molecule has 4 heteroatoms. The smallest absolute Gasteiger partial charge is 0.157 e. The van der Waals surface area contributed by atoms with Gasteiger partial charge in [-0.05, 0) is 41.1 Å². The first kappa shape index (κ1) is 12.5. The third kappa shape index (κ3) is 2.21. The van der Waals surface area contributed by atoms with Crippen LogP contribution in [-0.2, 0) is 0 Å². The summed E-state index contributed by atoms with van der Waals surface area (Å²) in [6.45, 7) is 1.99. The summed E-state index contributed by atoms with van der Waals surface area (Å²) >= 11 is 3.46. The molecule has 1 heterocycles. The third-order valence-corrected chi connectivity index (χ3v) is 3.89. The standard InChI is InChI=1S/C15H13BrFNO/c1-9-14(10-5-2-3-7-12(10)17)19-15-11(16)6-4-8-13(15)18-9/h2-9,14,18H,1H3. The van der Waals surface area contributed by atoms with E-state index in [1.807, 2.05) is 31.2 Å². The van der Waals surface area contributed by atoms with Crippen molar-refractivity contribution in [1.82, 2.24) is 0 Å². The quantitative estimate of drug-likeness (QED) is 0.833. The van der Waals surface area contributed by atoms with Crippen molar-refractivity contribution in [2.24, 2.45) is 0 Å². The van der Waals surface area contributed by atoms with E-state index in [0.717, 1.165) is 15.9 Å². The van der Waals surface area contributed by atoms with E-state index in [4.69, 9.17) is 4.74 Å². The lowest BCUT2D eigenvalue weighted by Crippen LogP contribution is -2.33. The SMILES string of the molecule is CC1Nc2cccc(Br)c2OC1c1ccccc1F. The molecule has 2 aromatic carbocycles. The average Bonchev–Trinajstić information content (AvgIpc) is 2.39. The van der Waals surface area contributed by atoms with Gasteiger partial charge in [0.05, 0.1) is 16.2 Å². The van der Waals surface area contributed by atoms with Gasteiger partial charge in [0.25, 0.3) is 0 Å². The van der Waals surface area contributed by atoms with Crippen molar-refractivity contribution >= 4 is 21.6 Å². The summed E-state index contributed by atoms with van der Waals surface area (Å²) < 4.78 is 20.8. The van der Waals surface area contributed by atoms with E-state index in [9.17, 15) is 4.39 Å². The second-order valence-corrected chi connectivity index (χ2v) is 5.46. The highest BCUT2D eigenvalue weighted by Gasteiger charge is 2.30. The lowest BCUT2D eigenvalue weighted by molar-refractivity contribution is 0.172. The second-order valence-electron chi connectivity index (χ2n) is 4.61. The van der Waals surface area contributed by atoms with Gasteiger partial charge in [0.1, 0.15) is 11.9 Å². The number of para-hydroxylation sites is 1. The summed E-state index contributed by atoms with van der Waals surface area (Å²) in [5.74, 6) is 0.491. The van der Waals surface area contributed by atoms with Crippen LogP contribution in [0.25, 0.3) is 0 Å². The molecule has 2 aromatic rings. The second kappa shape index (κ2) is 4.85. The fourth-order valence-corrected chi connectivity index (χ4v) is 2.79. The van der Waals surface area contributed by atoms with Crippen LogP contribution in [-0.4, -0.2) is 6.04 Å². The lowest BCUT2D eigenvalue weighted by Gasteiger charge is -2.34. The number of hydrogen-bond donors (Lipinski definition) is 1. The maximum atomic E-state index is 13.9. The van der Waals surface area contributed by atoms with Gasteiger partial charge in [-0.1, -0.05) is 24.3 Å². The molecule has 1 aliphatic heterocycles. The van der Waals surface area contributed by atoms with Gasteiger partial charge in [0.2, 0.25) is 0 Å². The molecular weight excluding hydrogens is 309 g/mol. The molecule has 98 valence electrons. The predicted octanol–water partition coefficient (Wildman–Crippen LogP) is 4.52. The van der Waals surface area contributed by atoms with E-state index in [-0.39, 0.29) is 18.0 Å². The molecular formula is C15H13BrFNO. The summed E-state index contributed by atoms with van der Waals surface area (Å²) in [6.07, 6.45) is -0.340. The highest BCUT2D eigenvalue weighted by atomic mass is 79.9. The Balaban J connectivity index is 2.02. The molecule has 0 amide bonds. The highest BCUT2D eigenvalue weighted by molar-refractivity contribution is 9.10. The third-order valence-electron chi connectivity index (χ3n) is 3.26. The van der Waals surface area contributed by atoms with Gasteiger partial charge < -0.3 is 10.1 Å². The molecule has 1 N–H and O–H groups in total. The van der Waals surface area contributed by atoms with E-state index in [1.165, 1.54) is 6.07 Å². The average molecular weight is 322 g/mol. The lowest BCUT2D eigenvalue weighted by atomic mass is 10.0. The monoisotopic (exact) mass is 321 g/mol. The predicted molar refractivity (Wildman–Crippen MR) is 77.0 cm³/mol. The van der Waals surface area contributed by atoms with Crippen LogP contribution < -0.4 is 10.1 Å². The maximum Gasteiger partial charge on any atom is 0.157 e. The minimum absolute atomic E-state index is 0.00120. The van der Waals surface area contributed by atoms with Crippen molar-refractivity contribution in [3.05, 3.63) is 58.3 Å². The summed E-state index contributed by atoms with van der Waals surface area (Å²) in [4.78, 5) is 0. The summed E-state index contributed by atoms with van der Waals surface area (Å²) in [5, 5.41) is 3.35. The zero-order chi connectivity index (χ0) is 13.4. The molecule has 19 heavy (non-hydrogen) atoms. The Kier molecular flexibility index (Phi) is 3.19. The minimum Gasteiger partial charge on any atom is -0.480 e. The van der Waals surface area contributed by atoms with Crippen LogP contribution in [0.15, 0.2) is 46.9 Å². The topological polar surface area (TPSA) is 21.3 Å². The van der Waals surface area contributed by atoms with E-state index in [2.05, 4.69) is 21.2 Å². The van der Waals surface area contributed by atoms with Crippen molar-refractivity contribution < 1.29 is 9.13 Å². The van der Waals surface area contributed by atoms with Crippen LogP contribution in [0.4, 0.5) is 10.1 Å². The molecule has 2 unspecified atom stereocenters. The molecule has 0 fully saturated rings. The van der Waals surface area contributed by atoms with E-state index in [0.29, 0.717) is 5.56 Å². The summed E-state index contributed by atoms with van der Waals surface area (Å²) in [6, 6.07) is 12.5. The fraction of sp³-hybridized carbons (Fsp3) is 0.200. The summed E-state index contributed by atoms with van der Waals surface area (Å²) in [7, 11) is 0. The molecule has 1 aliphatic rings. The van der Waals surface area contributed by atoms with Gasteiger partial charge in [-0.15, -0.1) is 0 Å². The molecule has 0 spiro atoms. The molecule has 0 radical (unpaired) electrons. The van der Waals surface area contributed by atoms with Crippen LogP contribution in [0, 0.1) is 5.82 Å². The number of hydrogen-bond acceptors (Lipinski definition) is 2. The van der Waals surface area contributed by atoms with Crippen LogP contribution in [0.2, 0.25) is 0 Å². The zero-order valence-electron chi connectivity index (χ0n) is 10.4. The largest absolute Gasteiger partial charge is 0.480 e. The van der Waals surface area contributed by atoms with Crippen LogP contribution in [0.5, 0.6) is 5.75 Å². The molecule has 0 saturated heterocycles. The van der Waals surface area contributed by atoms with Crippen molar-refractivity contribution in [3.63, 3.8) is 0 Å². The first-order valence-corrected chi connectivity index (χ1v) is 6.92. The Labute approximate surface area is 119 Å². The Hall–Kier alpha value is -1.55. The normalized spacial score (nSPS) is 21.2. The Bertz CT molecular complexity index is 617. The van der Waals surface area contributed by atoms with Gasteiger partial charge in [-0.2, -0.15) is 0 Å². The first-order valence-electron chi connectivity index (χ1n) is 6.13. The molecule has 3 rings (SSSR count).